The zero-order valence-electron chi connectivity index (χ0n) is 15.4. The number of anilines is 1. The van der Waals surface area contributed by atoms with E-state index in [2.05, 4.69) is 5.32 Å². The van der Waals surface area contributed by atoms with E-state index in [1.807, 2.05) is 32.0 Å². The van der Waals surface area contributed by atoms with Crippen molar-refractivity contribution < 1.29 is 32.2 Å². The van der Waals surface area contributed by atoms with Gasteiger partial charge >= 0.3 is 12.1 Å². The third kappa shape index (κ3) is 6.61. The molecule has 0 aliphatic carbocycles. The Morgan fingerprint density at radius 1 is 1.04 bits per heavy atom. The SMILES string of the molecule is Cc1ccc(C)c(OCCC(=O)OCC(=O)Nc2ccc(C(F)(F)F)cc2)c1. The fourth-order valence-corrected chi connectivity index (χ4v) is 2.26. The van der Waals surface area contributed by atoms with Crippen LogP contribution in [-0.2, 0) is 20.5 Å². The van der Waals surface area contributed by atoms with Crippen molar-refractivity contribution in [2.75, 3.05) is 18.5 Å². The van der Waals surface area contributed by atoms with Crippen LogP contribution in [0.15, 0.2) is 42.5 Å². The Labute approximate surface area is 160 Å². The van der Waals surface area contributed by atoms with Crippen molar-refractivity contribution in [2.24, 2.45) is 0 Å². The normalized spacial score (nSPS) is 11.0. The van der Waals surface area contributed by atoms with Crippen LogP contribution in [0, 0.1) is 13.8 Å². The first-order chi connectivity index (χ1) is 13.1. The largest absolute Gasteiger partial charge is 0.493 e. The molecule has 1 N–H and O–H groups in total. The van der Waals surface area contributed by atoms with Gasteiger partial charge in [0.15, 0.2) is 6.61 Å². The highest BCUT2D eigenvalue weighted by atomic mass is 19.4. The molecule has 0 aliphatic rings. The van der Waals surface area contributed by atoms with Gasteiger partial charge in [-0.25, -0.2) is 0 Å². The number of halogens is 3. The minimum Gasteiger partial charge on any atom is -0.493 e. The van der Waals surface area contributed by atoms with Gasteiger partial charge in [0.25, 0.3) is 5.91 Å². The number of hydrogen-bond donors (Lipinski definition) is 1. The first-order valence-electron chi connectivity index (χ1n) is 8.48. The molecule has 1 amide bonds. The highest BCUT2D eigenvalue weighted by Crippen LogP contribution is 2.29. The van der Waals surface area contributed by atoms with Crippen LogP contribution in [0.1, 0.15) is 23.1 Å². The summed E-state index contributed by atoms with van der Waals surface area (Å²) in [6.07, 6.45) is -4.49. The summed E-state index contributed by atoms with van der Waals surface area (Å²) in [6, 6.07) is 9.68. The summed E-state index contributed by atoms with van der Waals surface area (Å²) in [5, 5.41) is 2.36. The zero-order chi connectivity index (χ0) is 20.7. The topological polar surface area (TPSA) is 64.6 Å². The van der Waals surface area contributed by atoms with Crippen LogP contribution in [0.2, 0.25) is 0 Å². The van der Waals surface area contributed by atoms with E-state index in [-0.39, 0.29) is 18.7 Å². The average Bonchev–Trinajstić information content (AvgIpc) is 2.62. The monoisotopic (exact) mass is 395 g/mol. The maximum atomic E-state index is 12.5. The van der Waals surface area contributed by atoms with Crippen molar-refractivity contribution >= 4 is 17.6 Å². The van der Waals surface area contributed by atoms with Crippen LogP contribution in [0.5, 0.6) is 5.75 Å². The molecule has 2 rings (SSSR count). The molecule has 2 aromatic carbocycles. The van der Waals surface area contributed by atoms with Crippen LogP contribution in [-0.4, -0.2) is 25.1 Å². The molecule has 0 aliphatic heterocycles. The lowest BCUT2D eigenvalue weighted by Crippen LogP contribution is -2.21. The van der Waals surface area contributed by atoms with E-state index < -0.39 is 30.2 Å². The van der Waals surface area contributed by atoms with Crippen molar-refractivity contribution in [1.29, 1.82) is 0 Å². The van der Waals surface area contributed by atoms with Crippen molar-refractivity contribution in [3.05, 3.63) is 59.2 Å². The average molecular weight is 395 g/mol. The molecule has 0 unspecified atom stereocenters. The summed E-state index contributed by atoms with van der Waals surface area (Å²) in [4.78, 5) is 23.4. The highest BCUT2D eigenvalue weighted by molar-refractivity contribution is 5.92. The Balaban J connectivity index is 1.72. The van der Waals surface area contributed by atoms with Crippen molar-refractivity contribution in [2.45, 2.75) is 26.4 Å². The van der Waals surface area contributed by atoms with Crippen molar-refractivity contribution in [3.63, 3.8) is 0 Å². The standard InChI is InChI=1S/C20H20F3NO4/c1-13-3-4-14(2)17(11-13)27-10-9-19(26)28-12-18(25)24-16-7-5-15(6-8-16)20(21,22)23/h3-8,11H,9-10,12H2,1-2H3,(H,24,25). The van der Waals surface area contributed by atoms with E-state index in [9.17, 15) is 22.8 Å². The van der Waals surface area contributed by atoms with Gasteiger partial charge in [0.05, 0.1) is 18.6 Å². The lowest BCUT2D eigenvalue weighted by molar-refractivity contribution is -0.147. The van der Waals surface area contributed by atoms with Crippen LogP contribution in [0.3, 0.4) is 0 Å². The summed E-state index contributed by atoms with van der Waals surface area (Å²) in [6.45, 7) is 3.38. The van der Waals surface area contributed by atoms with Gasteiger partial charge in [-0.2, -0.15) is 13.2 Å². The van der Waals surface area contributed by atoms with Gasteiger partial charge in [-0.05, 0) is 55.3 Å². The summed E-state index contributed by atoms with van der Waals surface area (Å²) in [5.74, 6) is -0.593. The number of hydrogen-bond acceptors (Lipinski definition) is 4. The van der Waals surface area contributed by atoms with Gasteiger partial charge in [-0.3, -0.25) is 9.59 Å². The molecule has 0 radical (unpaired) electrons. The van der Waals surface area contributed by atoms with Crippen molar-refractivity contribution in [3.8, 4) is 5.75 Å². The highest BCUT2D eigenvalue weighted by Gasteiger charge is 2.29. The quantitative estimate of drug-likeness (QED) is 0.711. The third-order valence-electron chi connectivity index (χ3n) is 3.77. The lowest BCUT2D eigenvalue weighted by atomic mass is 10.1. The summed E-state index contributed by atoms with van der Waals surface area (Å²) in [5.41, 5.74) is 1.33. The van der Waals surface area contributed by atoms with E-state index in [4.69, 9.17) is 9.47 Å². The Bertz CT molecular complexity index is 832. The van der Waals surface area contributed by atoms with E-state index >= 15 is 0 Å². The fourth-order valence-electron chi connectivity index (χ4n) is 2.26. The number of alkyl halides is 3. The molecule has 2 aromatic rings. The number of carbonyl (C=O) groups excluding carboxylic acids is 2. The Morgan fingerprint density at radius 3 is 2.36 bits per heavy atom. The van der Waals surface area contributed by atoms with Crippen LogP contribution in [0.25, 0.3) is 0 Å². The minimum absolute atomic E-state index is 0.0407. The predicted molar refractivity (Wildman–Crippen MR) is 97.1 cm³/mol. The molecular weight excluding hydrogens is 375 g/mol. The van der Waals surface area contributed by atoms with Crippen LogP contribution >= 0.6 is 0 Å². The summed E-state index contributed by atoms with van der Waals surface area (Å²) >= 11 is 0. The van der Waals surface area contributed by atoms with Gasteiger partial charge < -0.3 is 14.8 Å². The second-order valence-electron chi connectivity index (χ2n) is 6.15. The Hall–Kier alpha value is -3.03. The third-order valence-corrected chi connectivity index (χ3v) is 3.77. The molecule has 0 atom stereocenters. The van der Waals surface area contributed by atoms with E-state index in [1.54, 1.807) is 0 Å². The number of nitrogens with one attached hydrogen (secondary N) is 1. The smallest absolute Gasteiger partial charge is 0.416 e. The van der Waals surface area contributed by atoms with E-state index in [0.29, 0.717) is 5.75 Å². The number of carbonyl (C=O) groups is 2. The molecule has 0 fully saturated rings. The van der Waals surface area contributed by atoms with Crippen LogP contribution in [0.4, 0.5) is 18.9 Å². The first-order valence-corrected chi connectivity index (χ1v) is 8.48. The molecule has 0 saturated carbocycles. The maximum absolute atomic E-state index is 12.5. The molecule has 0 spiro atoms. The molecule has 150 valence electrons. The van der Waals surface area contributed by atoms with Gasteiger partial charge in [0, 0.05) is 5.69 Å². The molecular formula is C20H20F3NO4. The Kier molecular flexibility index (Phi) is 7.03. The maximum Gasteiger partial charge on any atom is 0.416 e. The molecule has 0 heterocycles. The number of ether oxygens (including phenoxy) is 2. The molecule has 28 heavy (non-hydrogen) atoms. The number of rotatable bonds is 7. The van der Waals surface area contributed by atoms with Gasteiger partial charge in [-0.15, -0.1) is 0 Å². The molecule has 0 aromatic heterocycles. The number of esters is 1. The number of aryl methyl sites for hydroxylation is 2. The van der Waals surface area contributed by atoms with Gasteiger partial charge in [0.1, 0.15) is 5.75 Å². The Morgan fingerprint density at radius 2 is 1.71 bits per heavy atom. The summed E-state index contributed by atoms with van der Waals surface area (Å²) < 4.78 is 47.8. The predicted octanol–water partition coefficient (Wildman–Crippen LogP) is 4.27. The minimum atomic E-state index is -4.45. The molecule has 5 nitrogen and oxygen atoms in total. The number of benzene rings is 2. The molecule has 8 heteroatoms. The first kappa shape index (κ1) is 21.3. The van der Waals surface area contributed by atoms with E-state index in [1.165, 1.54) is 0 Å². The second-order valence-corrected chi connectivity index (χ2v) is 6.15. The van der Waals surface area contributed by atoms with E-state index in [0.717, 1.165) is 35.4 Å². The van der Waals surface area contributed by atoms with Gasteiger partial charge in [-0.1, -0.05) is 12.1 Å². The number of amides is 1. The van der Waals surface area contributed by atoms with Crippen LogP contribution < -0.4 is 10.1 Å². The molecule has 0 bridgehead atoms. The second kappa shape index (κ2) is 9.25. The van der Waals surface area contributed by atoms with Crippen molar-refractivity contribution in [1.82, 2.24) is 0 Å². The van der Waals surface area contributed by atoms with Gasteiger partial charge in [0.2, 0.25) is 0 Å². The molecule has 0 saturated heterocycles. The summed E-state index contributed by atoms with van der Waals surface area (Å²) in [7, 11) is 0. The lowest BCUT2D eigenvalue weighted by Gasteiger charge is -2.10. The fraction of sp³-hybridized carbons (Fsp3) is 0.300. The zero-order valence-corrected chi connectivity index (χ0v) is 15.4.